The van der Waals surface area contributed by atoms with Gasteiger partial charge in [-0.3, -0.25) is 0 Å². The van der Waals surface area contributed by atoms with E-state index in [1.54, 1.807) is 0 Å². The van der Waals surface area contributed by atoms with E-state index in [-0.39, 0.29) is 5.41 Å². The summed E-state index contributed by atoms with van der Waals surface area (Å²) in [6.07, 6.45) is 1.93. The summed E-state index contributed by atoms with van der Waals surface area (Å²) in [7, 11) is 0. The van der Waals surface area contributed by atoms with Crippen molar-refractivity contribution in [3.63, 3.8) is 0 Å². The van der Waals surface area contributed by atoms with Gasteiger partial charge in [-0.05, 0) is 37.1 Å². The minimum absolute atomic E-state index is 0.112. The molecule has 0 atom stereocenters. The Morgan fingerprint density at radius 3 is 2.43 bits per heavy atom. The van der Waals surface area contributed by atoms with Gasteiger partial charge in [0, 0.05) is 12.1 Å². The van der Waals surface area contributed by atoms with Gasteiger partial charge in [-0.25, -0.2) is 4.39 Å². The number of nitrogens with zero attached hydrogens (tertiary/aromatic N) is 1. The Labute approximate surface area is 125 Å². The molecule has 0 fully saturated rings. The van der Waals surface area contributed by atoms with E-state index in [0.29, 0.717) is 5.69 Å². The van der Waals surface area contributed by atoms with Gasteiger partial charge in [0.05, 0.1) is 11.0 Å². The third-order valence-corrected chi connectivity index (χ3v) is 4.96. The lowest BCUT2D eigenvalue weighted by atomic mass is 9.69. The standard InChI is InChI=1S/C19H21FN/c1-4-19(5-2)14(3)21-15(13-20)9-8-12-18(21)16-10-6-7-11-17(16)19/h6-12H,3-5,13H2,1-2H3/q+1. The largest absolute Gasteiger partial charge is 0.239 e. The smallest absolute Gasteiger partial charge is 0.218 e. The van der Waals surface area contributed by atoms with E-state index in [2.05, 4.69) is 50.8 Å². The molecule has 1 aromatic heterocycles. The van der Waals surface area contributed by atoms with Crippen LogP contribution in [0.2, 0.25) is 0 Å². The fourth-order valence-corrected chi connectivity index (χ4v) is 3.72. The number of rotatable bonds is 3. The molecule has 0 radical (unpaired) electrons. The van der Waals surface area contributed by atoms with E-state index < -0.39 is 6.67 Å². The number of alkyl halides is 1. The van der Waals surface area contributed by atoms with Crippen molar-refractivity contribution in [2.75, 3.05) is 0 Å². The molecule has 0 saturated heterocycles. The molecular formula is C19H21FN+. The summed E-state index contributed by atoms with van der Waals surface area (Å²) in [5.41, 5.74) is 5.12. The second-order valence-electron chi connectivity index (χ2n) is 5.65. The molecule has 1 aliphatic heterocycles. The Morgan fingerprint density at radius 1 is 1.05 bits per heavy atom. The monoisotopic (exact) mass is 282 g/mol. The van der Waals surface area contributed by atoms with Crippen molar-refractivity contribution in [3.8, 4) is 11.3 Å². The minimum atomic E-state index is -0.474. The molecular weight excluding hydrogens is 261 g/mol. The van der Waals surface area contributed by atoms with Crippen molar-refractivity contribution in [2.24, 2.45) is 0 Å². The summed E-state index contributed by atoms with van der Waals surface area (Å²) in [4.78, 5) is 0. The van der Waals surface area contributed by atoms with E-state index in [4.69, 9.17) is 0 Å². The zero-order valence-electron chi connectivity index (χ0n) is 12.7. The Hall–Kier alpha value is -1.96. The van der Waals surface area contributed by atoms with Crippen LogP contribution in [0, 0.1) is 0 Å². The predicted octanol–water partition coefficient (Wildman–Crippen LogP) is 4.65. The molecule has 0 unspecified atom stereocenters. The Kier molecular flexibility index (Phi) is 3.40. The zero-order chi connectivity index (χ0) is 15.0. The number of benzene rings is 1. The van der Waals surface area contributed by atoms with Crippen molar-refractivity contribution in [3.05, 3.63) is 60.3 Å². The highest BCUT2D eigenvalue weighted by molar-refractivity contribution is 5.72. The van der Waals surface area contributed by atoms with E-state index in [1.807, 2.05) is 16.7 Å². The molecule has 0 N–H and O–H groups in total. The quantitative estimate of drug-likeness (QED) is 0.721. The van der Waals surface area contributed by atoms with Crippen molar-refractivity contribution >= 4 is 5.70 Å². The molecule has 0 bridgehead atoms. The third kappa shape index (κ3) is 1.78. The second-order valence-corrected chi connectivity index (χ2v) is 5.65. The number of hydrogen-bond donors (Lipinski definition) is 0. The Morgan fingerprint density at radius 2 is 1.76 bits per heavy atom. The van der Waals surface area contributed by atoms with Crippen molar-refractivity contribution in [1.29, 1.82) is 0 Å². The van der Waals surface area contributed by atoms with Crippen LogP contribution in [0.1, 0.15) is 37.9 Å². The highest BCUT2D eigenvalue weighted by atomic mass is 19.1. The molecule has 2 aromatic rings. The topological polar surface area (TPSA) is 3.88 Å². The molecule has 3 rings (SSSR count). The summed E-state index contributed by atoms with van der Waals surface area (Å²) in [5.74, 6) is 0. The van der Waals surface area contributed by atoms with E-state index in [1.165, 1.54) is 11.1 Å². The van der Waals surface area contributed by atoms with Gasteiger partial charge in [-0.1, -0.05) is 32.0 Å². The average Bonchev–Trinajstić information content (AvgIpc) is 2.55. The molecule has 1 aliphatic rings. The first-order valence-electron chi connectivity index (χ1n) is 7.59. The van der Waals surface area contributed by atoms with E-state index in [0.717, 1.165) is 24.2 Å². The summed E-state index contributed by atoms with van der Waals surface area (Å²) in [5, 5.41) is 0. The van der Waals surface area contributed by atoms with E-state index in [9.17, 15) is 4.39 Å². The van der Waals surface area contributed by atoms with Gasteiger partial charge in [0.25, 0.3) is 0 Å². The predicted molar refractivity (Wildman–Crippen MR) is 84.5 cm³/mol. The average molecular weight is 282 g/mol. The zero-order valence-corrected chi connectivity index (χ0v) is 12.7. The van der Waals surface area contributed by atoms with Crippen LogP contribution in [-0.4, -0.2) is 0 Å². The highest BCUT2D eigenvalue weighted by Gasteiger charge is 2.46. The molecule has 0 saturated carbocycles. The number of hydrogen-bond acceptors (Lipinski definition) is 0. The number of pyridine rings is 1. The lowest BCUT2D eigenvalue weighted by molar-refractivity contribution is -0.587. The lowest BCUT2D eigenvalue weighted by Gasteiger charge is -2.36. The summed E-state index contributed by atoms with van der Waals surface area (Å²) < 4.78 is 15.5. The van der Waals surface area contributed by atoms with Crippen LogP contribution in [0.3, 0.4) is 0 Å². The Bertz CT molecular complexity index is 698. The molecule has 1 nitrogen and oxygen atoms in total. The maximum atomic E-state index is 13.5. The molecule has 0 aliphatic carbocycles. The summed E-state index contributed by atoms with van der Waals surface area (Å²) in [6.45, 7) is 8.26. The van der Waals surface area contributed by atoms with Gasteiger partial charge in [0.2, 0.25) is 11.4 Å². The number of aromatic nitrogens is 1. The second kappa shape index (κ2) is 5.10. The summed E-state index contributed by atoms with van der Waals surface area (Å²) >= 11 is 0. The SMILES string of the molecule is C=C1[n+]2c(CF)cccc2-c2ccccc2C1(CC)CC. The van der Waals surface area contributed by atoms with Gasteiger partial charge >= 0.3 is 0 Å². The van der Waals surface area contributed by atoms with Crippen LogP contribution in [0.4, 0.5) is 4.39 Å². The first kappa shape index (κ1) is 14.0. The van der Waals surface area contributed by atoms with Crippen molar-refractivity contribution in [1.82, 2.24) is 0 Å². The molecule has 108 valence electrons. The first-order chi connectivity index (χ1) is 10.2. The number of allylic oxidation sites excluding steroid dienone is 1. The van der Waals surface area contributed by atoms with Gasteiger partial charge in [0.15, 0.2) is 12.4 Å². The highest BCUT2D eigenvalue weighted by Crippen LogP contribution is 2.46. The van der Waals surface area contributed by atoms with Crippen LogP contribution in [0.5, 0.6) is 0 Å². The fraction of sp³-hybridized carbons (Fsp3) is 0.316. The maximum Gasteiger partial charge on any atom is 0.218 e. The normalized spacial score (nSPS) is 15.5. The maximum absolute atomic E-state index is 13.5. The van der Waals surface area contributed by atoms with Crippen LogP contribution in [0.25, 0.3) is 17.0 Å². The van der Waals surface area contributed by atoms with Crippen LogP contribution in [-0.2, 0) is 12.1 Å². The molecule has 2 heterocycles. The molecule has 2 heteroatoms. The van der Waals surface area contributed by atoms with Gasteiger partial charge in [-0.15, -0.1) is 0 Å². The third-order valence-electron chi connectivity index (χ3n) is 4.96. The lowest BCUT2D eigenvalue weighted by Crippen LogP contribution is -2.51. The molecule has 21 heavy (non-hydrogen) atoms. The molecule has 0 spiro atoms. The van der Waals surface area contributed by atoms with Crippen LogP contribution >= 0.6 is 0 Å². The fourth-order valence-electron chi connectivity index (χ4n) is 3.72. The molecule has 0 amide bonds. The van der Waals surface area contributed by atoms with Crippen LogP contribution in [0.15, 0.2) is 49.0 Å². The minimum Gasteiger partial charge on any atom is -0.239 e. The number of halogens is 1. The summed E-state index contributed by atoms with van der Waals surface area (Å²) in [6, 6.07) is 14.3. The van der Waals surface area contributed by atoms with Gasteiger partial charge in [0.1, 0.15) is 0 Å². The Balaban J connectivity index is 2.41. The number of fused-ring (bicyclic) bond motifs is 3. The van der Waals surface area contributed by atoms with Crippen LogP contribution < -0.4 is 4.57 Å². The molecule has 1 aromatic carbocycles. The van der Waals surface area contributed by atoms with Gasteiger partial charge < -0.3 is 0 Å². The van der Waals surface area contributed by atoms with Crippen molar-refractivity contribution in [2.45, 2.75) is 38.8 Å². The van der Waals surface area contributed by atoms with Crippen molar-refractivity contribution < 1.29 is 8.96 Å². The van der Waals surface area contributed by atoms with Gasteiger partial charge in [-0.2, -0.15) is 4.57 Å². The first-order valence-corrected chi connectivity index (χ1v) is 7.59. The van der Waals surface area contributed by atoms with E-state index >= 15 is 0 Å².